The molecule has 2 N–H and O–H groups in total. The molecule has 0 heterocycles. The molecule has 1 aromatic carbocycles. The van der Waals surface area contributed by atoms with E-state index in [9.17, 15) is 9.59 Å². The SMILES string of the molecule is O=C(O)c1ccccc1C(=O)O.[Ca+2].[H-].[H-].[Zr]. The van der Waals surface area contributed by atoms with Gasteiger partial charge in [-0.05, 0) is 12.1 Å². The Kier molecular flexibility index (Phi) is 9.05. The summed E-state index contributed by atoms with van der Waals surface area (Å²) in [6.45, 7) is 0. The molecule has 0 aliphatic heterocycles. The van der Waals surface area contributed by atoms with Crippen molar-refractivity contribution in [3.63, 3.8) is 0 Å². The van der Waals surface area contributed by atoms with Crippen LogP contribution in [-0.4, -0.2) is 59.9 Å². The molecular formula is C8H8CaO4Zr. The van der Waals surface area contributed by atoms with Crippen molar-refractivity contribution in [2.24, 2.45) is 0 Å². The minimum atomic E-state index is -1.23. The van der Waals surface area contributed by atoms with E-state index in [2.05, 4.69) is 0 Å². The first-order valence-electron chi connectivity index (χ1n) is 3.18. The van der Waals surface area contributed by atoms with Crippen LogP contribution in [0.1, 0.15) is 23.6 Å². The summed E-state index contributed by atoms with van der Waals surface area (Å²) in [7, 11) is 0. The normalized spacial score (nSPS) is 8.00. The number of hydrogen-bond acceptors (Lipinski definition) is 2. The summed E-state index contributed by atoms with van der Waals surface area (Å²) in [5.74, 6) is -2.46. The molecule has 0 spiro atoms. The second kappa shape index (κ2) is 7.58. The molecule has 0 aromatic heterocycles. The number of aromatic carboxylic acids is 2. The molecule has 14 heavy (non-hydrogen) atoms. The Morgan fingerprint density at radius 2 is 1.29 bits per heavy atom. The van der Waals surface area contributed by atoms with Gasteiger partial charge in [0.1, 0.15) is 0 Å². The van der Waals surface area contributed by atoms with Crippen LogP contribution in [0.3, 0.4) is 0 Å². The van der Waals surface area contributed by atoms with Gasteiger partial charge in [0.25, 0.3) is 0 Å². The van der Waals surface area contributed by atoms with E-state index in [0.717, 1.165) is 0 Å². The minimum absolute atomic E-state index is 0. The van der Waals surface area contributed by atoms with Gasteiger partial charge in [0, 0.05) is 26.2 Å². The third-order valence-electron chi connectivity index (χ3n) is 1.39. The van der Waals surface area contributed by atoms with Crippen molar-refractivity contribution >= 4 is 49.7 Å². The van der Waals surface area contributed by atoms with Gasteiger partial charge in [0.2, 0.25) is 0 Å². The van der Waals surface area contributed by atoms with Gasteiger partial charge in [-0.15, -0.1) is 0 Å². The van der Waals surface area contributed by atoms with Gasteiger partial charge in [-0.25, -0.2) is 9.59 Å². The maximum Gasteiger partial charge on any atom is 2.00 e. The van der Waals surface area contributed by atoms with Crippen LogP contribution >= 0.6 is 0 Å². The summed E-state index contributed by atoms with van der Waals surface area (Å²) in [6.07, 6.45) is 0. The van der Waals surface area contributed by atoms with E-state index in [1.165, 1.54) is 24.3 Å². The van der Waals surface area contributed by atoms with E-state index >= 15 is 0 Å². The Bertz CT molecular complexity index is 316. The Balaban J connectivity index is -0.000000180. The third kappa shape index (κ3) is 4.22. The topological polar surface area (TPSA) is 74.6 Å². The van der Waals surface area contributed by atoms with Crippen molar-refractivity contribution in [2.75, 3.05) is 0 Å². The van der Waals surface area contributed by atoms with Gasteiger partial charge in [-0.3, -0.25) is 0 Å². The Hall–Kier alpha value is 0.303. The van der Waals surface area contributed by atoms with Crippen molar-refractivity contribution in [3.05, 3.63) is 35.4 Å². The summed E-state index contributed by atoms with van der Waals surface area (Å²) in [5, 5.41) is 17.1. The maximum atomic E-state index is 10.5. The van der Waals surface area contributed by atoms with E-state index in [0.29, 0.717) is 0 Å². The molecule has 1 aromatic rings. The fourth-order valence-corrected chi connectivity index (χ4v) is 0.856. The smallest absolute Gasteiger partial charge is 1.00 e. The summed E-state index contributed by atoms with van der Waals surface area (Å²) >= 11 is 0. The van der Waals surface area contributed by atoms with Crippen LogP contribution in [0.15, 0.2) is 24.3 Å². The summed E-state index contributed by atoms with van der Waals surface area (Å²) in [4.78, 5) is 20.9. The molecule has 0 saturated carbocycles. The average molecular weight is 299 g/mol. The molecule has 0 aliphatic carbocycles. The van der Waals surface area contributed by atoms with Gasteiger partial charge in [-0.2, -0.15) is 0 Å². The van der Waals surface area contributed by atoms with Crippen molar-refractivity contribution < 1.29 is 48.9 Å². The molecule has 0 fully saturated rings. The molecule has 6 heteroatoms. The monoisotopic (exact) mass is 298 g/mol. The second-order valence-corrected chi connectivity index (χ2v) is 2.16. The van der Waals surface area contributed by atoms with Gasteiger partial charge in [-0.1, -0.05) is 12.1 Å². The van der Waals surface area contributed by atoms with Crippen LogP contribution in [0.25, 0.3) is 0 Å². The zero-order valence-corrected chi connectivity index (χ0v) is 11.9. The van der Waals surface area contributed by atoms with Crippen LogP contribution in [0.5, 0.6) is 0 Å². The molecule has 0 aliphatic rings. The molecular weight excluding hydrogens is 291 g/mol. The number of carbonyl (C=O) groups is 2. The van der Waals surface area contributed by atoms with Gasteiger partial charge < -0.3 is 13.1 Å². The Morgan fingerprint density at radius 3 is 1.50 bits per heavy atom. The van der Waals surface area contributed by atoms with Crippen LogP contribution < -0.4 is 0 Å². The first-order chi connectivity index (χ1) is 5.63. The van der Waals surface area contributed by atoms with E-state index in [-0.39, 0.29) is 77.9 Å². The van der Waals surface area contributed by atoms with Crippen LogP contribution in [0, 0.1) is 0 Å². The molecule has 0 bridgehead atoms. The zero-order valence-electron chi connectivity index (χ0n) is 9.23. The van der Waals surface area contributed by atoms with E-state index < -0.39 is 11.9 Å². The Morgan fingerprint density at radius 1 is 1.00 bits per heavy atom. The van der Waals surface area contributed by atoms with E-state index in [4.69, 9.17) is 10.2 Å². The van der Waals surface area contributed by atoms with Crippen LogP contribution in [0.4, 0.5) is 0 Å². The molecule has 0 saturated heterocycles. The molecule has 0 radical (unpaired) electrons. The van der Waals surface area contributed by atoms with Gasteiger partial charge in [0.05, 0.1) is 11.1 Å². The largest absolute Gasteiger partial charge is 2.00 e. The molecule has 70 valence electrons. The summed E-state index contributed by atoms with van der Waals surface area (Å²) < 4.78 is 0. The first-order valence-corrected chi connectivity index (χ1v) is 3.18. The summed E-state index contributed by atoms with van der Waals surface area (Å²) in [5.41, 5.74) is -0.380. The van der Waals surface area contributed by atoms with Crippen molar-refractivity contribution in [1.29, 1.82) is 0 Å². The number of hydrogen-bond donors (Lipinski definition) is 2. The summed E-state index contributed by atoms with van der Waals surface area (Å²) in [6, 6.07) is 5.48. The quantitative estimate of drug-likeness (QED) is 0.797. The van der Waals surface area contributed by atoms with Gasteiger partial charge >= 0.3 is 49.7 Å². The van der Waals surface area contributed by atoms with Crippen molar-refractivity contribution in [1.82, 2.24) is 0 Å². The number of carboxylic acids is 2. The van der Waals surface area contributed by atoms with Crippen molar-refractivity contribution in [3.8, 4) is 0 Å². The molecule has 0 unspecified atom stereocenters. The number of rotatable bonds is 2. The van der Waals surface area contributed by atoms with E-state index in [1.54, 1.807) is 0 Å². The average Bonchev–Trinajstić information content (AvgIpc) is 2.04. The molecule has 0 amide bonds. The maximum absolute atomic E-state index is 10.5. The zero-order chi connectivity index (χ0) is 9.14. The minimum Gasteiger partial charge on any atom is -1.00 e. The fourth-order valence-electron chi connectivity index (χ4n) is 0.856. The van der Waals surface area contributed by atoms with Gasteiger partial charge in [0.15, 0.2) is 0 Å². The van der Waals surface area contributed by atoms with Crippen molar-refractivity contribution in [2.45, 2.75) is 0 Å². The fraction of sp³-hybridized carbons (Fsp3) is 0. The van der Waals surface area contributed by atoms with E-state index in [1.807, 2.05) is 0 Å². The first kappa shape index (κ1) is 16.7. The molecule has 0 atom stereocenters. The second-order valence-electron chi connectivity index (χ2n) is 2.16. The number of benzene rings is 1. The third-order valence-corrected chi connectivity index (χ3v) is 1.39. The number of carboxylic acid groups (broad SMARTS) is 2. The Labute approximate surface area is 132 Å². The predicted octanol–water partition coefficient (Wildman–Crippen LogP) is 0.925. The van der Waals surface area contributed by atoms with Crippen LogP contribution in [-0.2, 0) is 26.2 Å². The standard InChI is InChI=1S/C8H6O4.Ca.Zr.2H/c9-7(10)5-3-1-2-4-6(5)8(11)12;;;;/h1-4H,(H,9,10)(H,11,12);;;;/q;+2;;2*-1. The van der Waals surface area contributed by atoms with Crippen LogP contribution in [0.2, 0.25) is 0 Å². The molecule has 1 rings (SSSR count). The predicted molar refractivity (Wildman–Crippen MR) is 48.3 cm³/mol. The molecule has 4 nitrogen and oxygen atoms in total.